The van der Waals surface area contributed by atoms with Crippen LogP contribution in [0.3, 0.4) is 0 Å². The van der Waals surface area contributed by atoms with Crippen LogP contribution in [0.15, 0.2) is 42.5 Å². The average molecular weight is 362 g/mol. The van der Waals surface area contributed by atoms with Crippen LogP contribution in [0.5, 0.6) is 0 Å². The predicted octanol–water partition coefficient (Wildman–Crippen LogP) is 4.34. The average Bonchev–Trinajstić information content (AvgIpc) is 2.61. The van der Waals surface area contributed by atoms with E-state index in [4.69, 9.17) is 11.6 Å². The SMILES string of the molecule is CCN(CC)Cc1ccc(NC(=O)c2ccc(Cl)c([N+](=O)[O-])c2)cc1. The van der Waals surface area contributed by atoms with Gasteiger partial charge < -0.3 is 5.32 Å². The maximum atomic E-state index is 12.3. The van der Waals surface area contributed by atoms with Crippen LogP contribution in [0.1, 0.15) is 29.8 Å². The Bertz CT molecular complexity index is 759. The Hall–Kier alpha value is -2.44. The van der Waals surface area contributed by atoms with Crippen LogP contribution in [0.4, 0.5) is 11.4 Å². The maximum absolute atomic E-state index is 12.3. The molecule has 0 aliphatic carbocycles. The first-order chi connectivity index (χ1) is 11.9. The fraction of sp³-hybridized carbons (Fsp3) is 0.278. The molecule has 2 aromatic rings. The van der Waals surface area contributed by atoms with Crippen LogP contribution in [-0.2, 0) is 6.54 Å². The van der Waals surface area contributed by atoms with Gasteiger partial charge in [-0.2, -0.15) is 0 Å². The van der Waals surface area contributed by atoms with Crippen molar-refractivity contribution < 1.29 is 9.72 Å². The van der Waals surface area contributed by atoms with Crippen LogP contribution < -0.4 is 5.32 Å². The fourth-order valence-electron chi connectivity index (χ4n) is 2.40. The lowest BCUT2D eigenvalue weighted by Gasteiger charge is -2.18. The van der Waals surface area contributed by atoms with Gasteiger partial charge in [-0.25, -0.2) is 0 Å². The Kier molecular flexibility index (Phi) is 6.50. The van der Waals surface area contributed by atoms with Crippen LogP contribution >= 0.6 is 11.6 Å². The topological polar surface area (TPSA) is 75.5 Å². The van der Waals surface area contributed by atoms with Crippen LogP contribution in [-0.4, -0.2) is 28.8 Å². The molecule has 0 radical (unpaired) electrons. The summed E-state index contributed by atoms with van der Waals surface area (Å²) >= 11 is 5.76. The molecule has 0 fully saturated rings. The lowest BCUT2D eigenvalue weighted by molar-refractivity contribution is -0.384. The summed E-state index contributed by atoms with van der Waals surface area (Å²) in [5.74, 6) is -0.420. The number of hydrogen-bond donors (Lipinski definition) is 1. The van der Waals surface area contributed by atoms with Crippen LogP contribution in [0.2, 0.25) is 5.02 Å². The van der Waals surface area contributed by atoms with E-state index in [-0.39, 0.29) is 16.3 Å². The third-order valence-corrected chi connectivity index (χ3v) is 4.24. The highest BCUT2D eigenvalue weighted by Crippen LogP contribution is 2.25. The quantitative estimate of drug-likeness (QED) is 0.587. The smallest absolute Gasteiger partial charge is 0.288 e. The second-order valence-corrected chi connectivity index (χ2v) is 5.94. The molecule has 0 saturated carbocycles. The molecule has 0 aromatic heterocycles. The van der Waals surface area contributed by atoms with Gasteiger partial charge in [0.2, 0.25) is 0 Å². The number of carbonyl (C=O) groups excluding carboxylic acids is 1. The summed E-state index contributed by atoms with van der Waals surface area (Å²) in [6, 6.07) is 11.5. The first kappa shape index (κ1) is 18.9. The standard InChI is InChI=1S/C18H20ClN3O3/c1-3-21(4-2)12-13-5-8-15(9-6-13)20-18(23)14-7-10-16(19)17(11-14)22(24)25/h5-11H,3-4,12H2,1-2H3,(H,20,23). The van der Waals surface area contributed by atoms with E-state index in [0.717, 1.165) is 25.2 Å². The van der Waals surface area contributed by atoms with Crippen molar-refractivity contribution in [2.75, 3.05) is 18.4 Å². The Labute approximate surface area is 151 Å². The number of benzene rings is 2. The van der Waals surface area contributed by atoms with Crippen LogP contribution in [0, 0.1) is 10.1 Å². The molecule has 0 atom stereocenters. The zero-order chi connectivity index (χ0) is 18.4. The summed E-state index contributed by atoms with van der Waals surface area (Å²) in [6.45, 7) is 7.03. The normalized spacial score (nSPS) is 10.7. The van der Waals surface area contributed by atoms with Gasteiger partial charge >= 0.3 is 0 Å². The van der Waals surface area contributed by atoms with Crippen molar-refractivity contribution in [2.45, 2.75) is 20.4 Å². The minimum atomic E-state index is -0.610. The second kappa shape index (κ2) is 8.60. The zero-order valence-corrected chi connectivity index (χ0v) is 14.9. The molecule has 0 heterocycles. The molecular formula is C18H20ClN3O3. The minimum absolute atomic E-state index is 0.00213. The number of nitro benzene ring substituents is 1. The Morgan fingerprint density at radius 3 is 2.36 bits per heavy atom. The Morgan fingerprint density at radius 1 is 1.16 bits per heavy atom. The molecule has 132 valence electrons. The van der Waals surface area contributed by atoms with Gasteiger partial charge in [0, 0.05) is 23.9 Å². The molecule has 1 N–H and O–H groups in total. The molecule has 0 unspecified atom stereocenters. The molecule has 0 bridgehead atoms. The van der Waals surface area contributed by atoms with Crippen molar-refractivity contribution in [2.24, 2.45) is 0 Å². The Balaban J connectivity index is 2.08. The summed E-state index contributed by atoms with van der Waals surface area (Å²) in [5, 5.41) is 13.7. The van der Waals surface area contributed by atoms with Gasteiger partial charge in [-0.05, 0) is 42.9 Å². The summed E-state index contributed by atoms with van der Waals surface area (Å²) in [4.78, 5) is 24.9. The van der Waals surface area contributed by atoms with Crippen molar-refractivity contribution in [3.8, 4) is 0 Å². The largest absolute Gasteiger partial charge is 0.322 e. The first-order valence-electron chi connectivity index (χ1n) is 8.01. The van der Waals surface area contributed by atoms with Crippen molar-refractivity contribution in [1.29, 1.82) is 0 Å². The highest BCUT2D eigenvalue weighted by atomic mass is 35.5. The van der Waals surface area contributed by atoms with Gasteiger partial charge in [0.15, 0.2) is 0 Å². The minimum Gasteiger partial charge on any atom is -0.322 e. The molecule has 1 amide bonds. The summed E-state index contributed by atoms with van der Waals surface area (Å²) in [6.07, 6.45) is 0. The van der Waals surface area contributed by atoms with E-state index in [2.05, 4.69) is 24.1 Å². The van der Waals surface area contributed by atoms with Gasteiger partial charge in [0.25, 0.3) is 11.6 Å². The summed E-state index contributed by atoms with van der Waals surface area (Å²) < 4.78 is 0. The van der Waals surface area contributed by atoms with Gasteiger partial charge in [0.05, 0.1) is 4.92 Å². The molecule has 2 aromatic carbocycles. The first-order valence-corrected chi connectivity index (χ1v) is 8.39. The third-order valence-electron chi connectivity index (χ3n) is 3.92. The van der Waals surface area contributed by atoms with E-state index in [1.54, 1.807) is 0 Å². The number of nitro groups is 1. The number of rotatable bonds is 7. The number of nitrogens with one attached hydrogen (secondary N) is 1. The number of amides is 1. The third kappa shape index (κ3) is 5.01. The number of anilines is 1. The molecule has 0 aliphatic heterocycles. The van der Waals surface area contributed by atoms with Crippen LogP contribution in [0.25, 0.3) is 0 Å². The van der Waals surface area contributed by atoms with Gasteiger partial charge in [0.1, 0.15) is 5.02 Å². The second-order valence-electron chi connectivity index (χ2n) is 5.54. The molecule has 0 spiro atoms. The Morgan fingerprint density at radius 2 is 1.80 bits per heavy atom. The molecule has 25 heavy (non-hydrogen) atoms. The number of carbonyl (C=O) groups is 1. The monoisotopic (exact) mass is 361 g/mol. The van der Waals surface area contributed by atoms with E-state index in [1.807, 2.05) is 24.3 Å². The zero-order valence-electron chi connectivity index (χ0n) is 14.2. The molecule has 7 heteroatoms. The summed E-state index contributed by atoms with van der Waals surface area (Å²) in [7, 11) is 0. The molecule has 0 saturated heterocycles. The molecule has 2 rings (SSSR count). The molecule has 6 nitrogen and oxygen atoms in total. The van der Waals surface area contributed by atoms with E-state index >= 15 is 0 Å². The van der Waals surface area contributed by atoms with E-state index in [0.29, 0.717) is 5.69 Å². The van der Waals surface area contributed by atoms with Crippen molar-refractivity contribution >= 4 is 28.9 Å². The van der Waals surface area contributed by atoms with Gasteiger partial charge in [-0.3, -0.25) is 19.8 Å². The molecular weight excluding hydrogens is 342 g/mol. The predicted molar refractivity (Wildman–Crippen MR) is 99.1 cm³/mol. The van der Waals surface area contributed by atoms with Gasteiger partial charge in [-0.15, -0.1) is 0 Å². The van der Waals surface area contributed by atoms with E-state index < -0.39 is 10.8 Å². The van der Waals surface area contributed by atoms with Crippen molar-refractivity contribution in [3.63, 3.8) is 0 Å². The molecule has 0 aliphatic rings. The highest BCUT2D eigenvalue weighted by Gasteiger charge is 2.16. The lowest BCUT2D eigenvalue weighted by atomic mass is 10.1. The fourth-order valence-corrected chi connectivity index (χ4v) is 2.58. The van der Waals surface area contributed by atoms with E-state index in [1.165, 1.54) is 18.2 Å². The van der Waals surface area contributed by atoms with Gasteiger partial charge in [-0.1, -0.05) is 37.6 Å². The van der Waals surface area contributed by atoms with Crippen molar-refractivity contribution in [3.05, 3.63) is 68.7 Å². The number of halogens is 1. The highest BCUT2D eigenvalue weighted by molar-refractivity contribution is 6.32. The number of nitrogens with zero attached hydrogens (tertiary/aromatic N) is 2. The number of hydrogen-bond acceptors (Lipinski definition) is 4. The summed E-state index contributed by atoms with van der Waals surface area (Å²) in [5.41, 5.74) is 1.68. The van der Waals surface area contributed by atoms with Crippen molar-refractivity contribution in [1.82, 2.24) is 4.90 Å². The lowest BCUT2D eigenvalue weighted by Crippen LogP contribution is -2.22. The maximum Gasteiger partial charge on any atom is 0.288 e. The van der Waals surface area contributed by atoms with E-state index in [9.17, 15) is 14.9 Å².